The van der Waals surface area contributed by atoms with E-state index < -0.39 is 11.6 Å². The molecule has 0 aromatic heterocycles. The lowest BCUT2D eigenvalue weighted by atomic mass is 9.83. The van der Waals surface area contributed by atoms with Crippen LogP contribution in [0.3, 0.4) is 0 Å². The van der Waals surface area contributed by atoms with Gasteiger partial charge in [-0.25, -0.2) is 8.78 Å². The van der Waals surface area contributed by atoms with E-state index in [0.29, 0.717) is 18.0 Å². The second-order valence-corrected chi connectivity index (χ2v) is 5.72. The topological polar surface area (TPSA) is 12.0 Å². The summed E-state index contributed by atoms with van der Waals surface area (Å²) >= 11 is 0. The average molecular weight is 287 g/mol. The van der Waals surface area contributed by atoms with Gasteiger partial charge in [0.25, 0.3) is 0 Å². The second-order valence-electron chi connectivity index (χ2n) is 5.72. The minimum atomic E-state index is -0.526. The third-order valence-electron chi connectivity index (χ3n) is 4.30. The van der Waals surface area contributed by atoms with Gasteiger partial charge >= 0.3 is 0 Å². The molecule has 3 heteroatoms. The molecule has 2 aromatic carbocycles. The van der Waals surface area contributed by atoms with Gasteiger partial charge in [-0.3, -0.25) is 0 Å². The number of halogens is 2. The molecule has 3 rings (SSSR count). The average Bonchev–Trinajstić information content (AvgIpc) is 2.51. The van der Waals surface area contributed by atoms with Crippen LogP contribution in [0.1, 0.15) is 35.4 Å². The first-order chi connectivity index (χ1) is 10.2. The minimum absolute atomic E-state index is 0.00180. The molecule has 0 saturated heterocycles. The summed E-state index contributed by atoms with van der Waals surface area (Å²) in [6.45, 7) is 2.21. The van der Waals surface area contributed by atoms with E-state index in [1.165, 1.54) is 23.3 Å². The molecule has 110 valence electrons. The van der Waals surface area contributed by atoms with E-state index in [-0.39, 0.29) is 5.69 Å². The summed E-state index contributed by atoms with van der Waals surface area (Å²) in [6.07, 6.45) is 3.28. The predicted octanol–water partition coefficient (Wildman–Crippen LogP) is 4.81. The fraction of sp³-hybridized carbons (Fsp3) is 0.333. The highest BCUT2D eigenvalue weighted by molar-refractivity contribution is 5.49. The summed E-state index contributed by atoms with van der Waals surface area (Å²) in [5.74, 6) is -0.699. The molecular formula is C18H19F2N. The van der Waals surface area contributed by atoms with E-state index >= 15 is 0 Å². The van der Waals surface area contributed by atoms with Gasteiger partial charge in [0, 0.05) is 12.5 Å². The standard InChI is InChI=1S/C18H19F2N/c1-12-9-10-16(19)18(17(12)20)21-11-14-7-4-6-13-5-2-3-8-15(13)14/h2-3,5,8-10,14,21H,4,6-7,11H2,1H3. The Kier molecular flexibility index (Phi) is 3.91. The third kappa shape index (κ3) is 2.78. The third-order valence-corrected chi connectivity index (χ3v) is 4.30. The van der Waals surface area contributed by atoms with Crippen molar-refractivity contribution in [3.8, 4) is 0 Å². The lowest BCUT2D eigenvalue weighted by Crippen LogP contribution is -2.19. The minimum Gasteiger partial charge on any atom is -0.380 e. The van der Waals surface area contributed by atoms with Crippen LogP contribution in [0.5, 0.6) is 0 Å². The molecule has 1 aliphatic carbocycles. The molecule has 0 spiro atoms. The Morgan fingerprint density at radius 2 is 1.95 bits per heavy atom. The number of hydrogen-bond acceptors (Lipinski definition) is 1. The maximum Gasteiger partial charge on any atom is 0.152 e. The van der Waals surface area contributed by atoms with Gasteiger partial charge in [-0.2, -0.15) is 0 Å². The molecule has 0 amide bonds. The highest BCUT2D eigenvalue weighted by Crippen LogP contribution is 2.32. The first-order valence-electron chi connectivity index (χ1n) is 7.43. The maximum absolute atomic E-state index is 14.0. The van der Waals surface area contributed by atoms with Gasteiger partial charge in [-0.15, -0.1) is 0 Å². The van der Waals surface area contributed by atoms with Gasteiger partial charge in [0.1, 0.15) is 11.5 Å². The van der Waals surface area contributed by atoms with Gasteiger partial charge in [0.15, 0.2) is 5.82 Å². The second kappa shape index (κ2) is 5.84. The highest BCUT2D eigenvalue weighted by Gasteiger charge is 2.20. The summed E-state index contributed by atoms with van der Waals surface area (Å²) in [4.78, 5) is 0. The van der Waals surface area contributed by atoms with Crippen LogP contribution >= 0.6 is 0 Å². The zero-order valence-electron chi connectivity index (χ0n) is 12.1. The first-order valence-corrected chi connectivity index (χ1v) is 7.43. The monoisotopic (exact) mass is 287 g/mol. The number of hydrogen-bond donors (Lipinski definition) is 1. The molecule has 0 bridgehead atoms. The number of aryl methyl sites for hydroxylation is 2. The van der Waals surface area contributed by atoms with E-state index in [2.05, 4.69) is 23.5 Å². The van der Waals surface area contributed by atoms with Gasteiger partial charge in [0.05, 0.1) is 0 Å². The van der Waals surface area contributed by atoms with Crippen molar-refractivity contribution < 1.29 is 8.78 Å². The summed E-state index contributed by atoms with van der Waals surface area (Å²) in [6, 6.07) is 11.1. The normalized spacial score (nSPS) is 17.4. The van der Waals surface area contributed by atoms with Crippen molar-refractivity contribution in [2.45, 2.75) is 32.1 Å². The lowest BCUT2D eigenvalue weighted by molar-refractivity contribution is 0.557. The molecule has 0 heterocycles. The highest BCUT2D eigenvalue weighted by atomic mass is 19.1. The van der Waals surface area contributed by atoms with Crippen molar-refractivity contribution in [1.82, 2.24) is 0 Å². The van der Waals surface area contributed by atoms with E-state index in [4.69, 9.17) is 0 Å². The van der Waals surface area contributed by atoms with Crippen molar-refractivity contribution in [2.75, 3.05) is 11.9 Å². The Labute approximate surface area is 124 Å². The molecule has 0 aliphatic heterocycles. The van der Waals surface area contributed by atoms with Crippen LogP contribution in [-0.4, -0.2) is 6.54 Å². The SMILES string of the molecule is Cc1ccc(F)c(NCC2CCCc3ccccc32)c1F. The van der Waals surface area contributed by atoms with Gasteiger partial charge in [0.2, 0.25) is 0 Å². The predicted molar refractivity (Wildman–Crippen MR) is 81.7 cm³/mol. The first kappa shape index (κ1) is 14.1. The molecule has 2 aromatic rings. The number of nitrogens with one attached hydrogen (secondary N) is 1. The van der Waals surface area contributed by atoms with E-state index in [1.807, 2.05) is 6.07 Å². The van der Waals surface area contributed by atoms with Crippen LogP contribution in [0, 0.1) is 18.6 Å². The zero-order valence-corrected chi connectivity index (χ0v) is 12.1. The van der Waals surface area contributed by atoms with Gasteiger partial charge in [-0.05, 0) is 48.9 Å². The largest absolute Gasteiger partial charge is 0.380 e. The number of fused-ring (bicyclic) bond motifs is 1. The quantitative estimate of drug-likeness (QED) is 0.854. The van der Waals surface area contributed by atoms with Crippen molar-refractivity contribution >= 4 is 5.69 Å². The molecule has 1 N–H and O–H groups in total. The van der Waals surface area contributed by atoms with Crippen molar-refractivity contribution in [1.29, 1.82) is 0 Å². The molecule has 1 nitrogen and oxygen atoms in total. The zero-order chi connectivity index (χ0) is 14.8. The Balaban J connectivity index is 1.79. The van der Waals surface area contributed by atoms with Crippen molar-refractivity contribution in [2.24, 2.45) is 0 Å². The molecule has 21 heavy (non-hydrogen) atoms. The van der Waals surface area contributed by atoms with E-state index in [9.17, 15) is 8.78 Å². The van der Waals surface area contributed by atoms with E-state index in [0.717, 1.165) is 19.3 Å². The molecule has 1 aliphatic rings. The number of benzene rings is 2. The number of rotatable bonds is 3. The fourth-order valence-corrected chi connectivity index (χ4v) is 3.11. The Morgan fingerprint density at radius 1 is 1.14 bits per heavy atom. The van der Waals surface area contributed by atoms with Crippen LogP contribution in [0.4, 0.5) is 14.5 Å². The van der Waals surface area contributed by atoms with Crippen LogP contribution in [-0.2, 0) is 6.42 Å². The van der Waals surface area contributed by atoms with Gasteiger partial charge in [-0.1, -0.05) is 30.3 Å². The van der Waals surface area contributed by atoms with Crippen LogP contribution in [0.2, 0.25) is 0 Å². The van der Waals surface area contributed by atoms with Crippen molar-refractivity contribution in [3.63, 3.8) is 0 Å². The Bertz CT molecular complexity index is 652. The lowest BCUT2D eigenvalue weighted by Gasteiger charge is -2.26. The Morgan fingerprint density at radius 3 is 2.81 bits per heavy atom. The maximum atomic E-state index is 14.0. The van der Waals surface area contributed by atoms with E-state index in [1.54, 1.807) is 6.92 Å². The summed E-state index contributed by atoms with van der Waals surface area (Å²) < 4.78 is 27.8. The summed E-state index contributed by atoms with van der Waals surface area (Å²) in [5.41, 5.74) is 3.13. The summed E-state index contributed by atoms with van der Waals surface area (Å²) in [7, 11) is 0. The molecule has 0 saturated carbocycles. The molecule has 1 atom stereocenters. The van der Waals surface area contributed by atoms with Crippen LogP contribution in [0.15, 0.2) is 36.4 Å². The van der Waals surface area contributed by atoms with Crippen molar-refractivity contribution in [3.05, 3.63) is 64.7 Å². The van der Waals surface area contributed by atoms with Crippen LogP contribution < -0.4 is 5.32 Å². The molecule has 0 radical (unpaired) electrons. The van der Waals surface area contributed by atoms with Gasteiger partial charge < -0.3 is 5.32 Å². The fourth-order valence-electron chi connectivity index (χ4n) is 3.11. The van der Waals surface area contributed by atoms with Crippen LogP contribution in [0.25, 0.3) is 0 Å². The number of anilines is 1. The Hall–Kier alpha value is -1.90. The molecular weight excluding hydrogens is 268 g/mol. The molecule has 0 fully saturated rings. The summed E-state index contributed by atoms with van der Waals surface area (Å²) in [5, 5.41) is 2.98. The smallest absolute Gasteiger partial charge is 0.152 e. The molecule has 1 unspecified atom stereocenters.